The van der Waals surface area contributed by atoms with Crippen molar-refractivity contribution in [3.63, 3.8) is 0 Å². The summed E-state index contributed by atoms with van der Waals surface area (Å²) in [6.07, 6.45) is 1.30. The molecule has 0 atom stereocenters. The summed E-state index contributed by atoms with van der Waals surface area (Å²) in [5, 5.41) is 25.3. The van der Waals surface area contributed by atoms with E-state index in [2.05, 4.69) is 18.9 Å². The average Bonchev–Trinajstić information content (AvgIpc) is 2.91. The van der Waals surface area contributed by atoms with Crippen molar-refractivity contribution in [2.24, 2.45) is 5.10 Å². The Balaban J connectivity index is 1.98. The first kappa shape index (κ1) is 27.0. The molecule has 0 aliphatic carbocycles. The van der Waals surface area contributed by atoms with Gasteiger partial charge in [0.05, 0.1) is 28.6 Å². The van der Waals surface area contributed by atoms with Crippen molar-refractivity contribution < 1.29 is 14.4 Å². The van der Waals surface area contributed by atoms with Crippen LogP contribution in [0.5, 0.6) is 11.5 Å². The maximum absolute atomic E-state index is 13.7. The second-order valence-corrected chi connectivity index (χ2v) is 9.01. The number of nitriles is 1. The number of aromatic nitrogens is 2. The predicted molar refractivity (Wildman–Crippen MR) is 149 cm³/mol. The van der Waals surface area contributed by atoms with Crippen LogP contribution in [0.25, 0.3) is 22.3 Å². The zero-order chi connectivity index (χ0) is 28.1. The maximum Gasteiger partial charge on any atom is 0.311 e. The molecule has 1 heterocycles. The first-order valence-corrected chi connectivity index (χ1v) is 12.4. The van der Waals surface area contributed by atoms with Crippen LogP contribution in [0.3, 0.4) is 0 Å². The molecule has 0 unspecified atom stereocenters. The van der Waals surface area contributed by atoms with E-state index in [1.54, 1.807) is 30.3 Å². The van der Waals surface area contributed by atoms with Crippen LogP contribution in [0.1, 0.15) is 43.4 Å². The van der Waals surface area contributed by atoms with Crippen LogP contribution in [0.4, 0.5) is 5.69 Å². The van der Waals surface area contributed by atoms with Gasteiger partial charge in [0.2, 0.25) is 5.75 Å². The van der Waals surface area contributed by atoms with Gasteiger partial charge in [0.25, 0.3) is 5.56 Å². The Kier molecular flexibility index (Phi) is 8.01. The Labute approximate surface area is 224 Å². The number of nitrogens with zero attached hydrogens (tertiary/aromatic N) is 5. The van der Waals surface area contributed by atoms with E-state index in [4.69, 9.17) is 19.7 Å². The second kappa shape index (κ2) is 11.6. The van der Waals surface area contributed by atoms with Crippen molar-refractivity contribution in [1.82, 2.24) is 9.66 Å². The molecule has 0 fully saturated rings. The number of nitro groups is 1. The topological polar surface area (TPSA) is 133 Å². The van der Waals surface area contributed by atoms with Crippen molar-refractivity contribution in [2.75, 3.05) is 13.2 Å². The Hall–Kier alpha value is -5.04. The number of nitro benzene ring substituents is 1. The quantitative estimate of drug-likeness (QED) is 0.158. The van der Waals surface area contributed by atoms with E-state index in [1.807, 2.05) is 32.0 Å². The highest BCUT2D eigenvalue weighted by molar-refractivity contribution is 5.86. The van der Waals surface area contributed by atoms with Crippen LogP contribution < -0.4 is 15.0 Å². The van der Waals surface area contributed by atoms with Gasteiger partial charge in [-0.05, 0) is 61.2 Å². The lowest BCUT2D eigenvalue weighted by molar-refractivity contribution is -0.385. The molecule has 4 rings (SSSR count). The monoisotopic (exact) mass is 525 g/mol. The summed E-state index contributed by atoms with van der Waals surface area (Å²) in [7, 11) is 0. The van der Waals surface area contributed by atoms with Gasteiger partial charge < -0.3 is 9.47 Å². The smallest absolute Gasteiger partial charge is 0.311 e. The van der Waals surface area contributed by atoms with Crippen LogP contribution in [-0.2, 0) is 0 Å². The normalized spacial score (nSPS) is 11.2. The van der Waals surface area contributed by atoms with Gasteiger partial charge in [-0.2, -0.15) is 15.0 Å². The fourth-order valence-electron chi connectivity index (χ4n) is 4.25. The molecule has 39 heavy (non-hydrogen) atoms. The molecule has 0 spiro atoms. The first-order chi connectivity index (χ1) is 18.8. The molecule has 0 aliphatic heterocycles. The number of benzene rings is 3. The molecular weight excluding hydrogens is 498 g/mol. The Morgan fingerprint density at radius 3 is 2.64 bits per heavy atom. The van der Waals surface area contributed by atoms with Crippen LogP contribution >= 0.6 is 0 Å². The second-order valence-electron chi connectivity index (χ2n) is 9.01. The van der Waals surface area contributed by atoms with Gasteiger partial charge in [-0.25, -0.2) is 4.98 Å². The average molecular weight is 526 g/mol. The summed E-state index contributed by atoms with van der Waals surface area (Å²) < 4.78 is 12.4. The molecule has 3 aromatic carbocycles. The van der Waals surface area contributed by atoms with Crippen LogP contribution in [0.15, 0.2) is 64.5 Å². The molecule has 0 N–H and O–H groups in total. The van der Waals surface area contributed by atoms with Crippen molar-refractivity contribution in [3.05, 3.63) is 91.8 Å². The largest absolute Gasteiger partial charge is 0.494 e. The van der Waals surface area contributed by atoms with Crippen LogP contribution in [0, 0.1) is 28.4 Å². The van der Waals surface area contributed by atoms with E-state index in [1.165, 1.54) is 23.0 Å². The van der Waals surface area contributed by atoms with Crippen molar-refractivity contribution in [1.29, 1.82) is 5.26 Å². The number of para-hydroxylation sites is 2. The van der Waals surface area contributed by atoms with Gasteiger partial charge in [-0.3, -0.25) is 14.9 Å². The lowest BCUT2D eigenvalue weighted by atomic mass is 9.96. The van der Waals surface area contributed by atoms with Crippen LogP contribution in [0.2, 0.25) is 0 Å². The highest BCUT2D eigenvalue weighted by atomic mass is 16.6. The molecular formula is C29H27N5O5. The lowest BCUT2D eigenvalue weighted by Crippen LogP contribution is -2.21. The van der Waals surface area contributed by atoms with Crippen molar-refractivity contribution in [3.8, 4) is 29.0 Å². The minimum absolute atomic E-state index is 0.115. The predicted octanol–water partition coefficient (Wildman–Crippen LogP) is 5.59. The van der Waals surface area contributed by atoms with Gasteiger partial charge in [0.1, 0.15) is 11.8 Å². The van der Waals surface area contributed by atoms with E-state index in [0.29, 0.717) is 28.9 Å². The molecule has 0 aliphatic rings. The minimum Gasteiger partial charge on any atom is -0.494 e. The fourth-order valence-corrected chi connectivity index (χ4v) is 4.25. The lowest BCUT2D eigenvalue weighted by Gasteiger charge is -2.18. The van der Waals surface area contributed by atoms with E-state index in [9.17, 15) is 14.9 Å². The molecule has 1 aromatic heterocycles. The standard InChI is InChI=1S/C29H27N5O5/c1-5-38-26-15-19(4)23(16-22(26)18(2)3)28-32-24-11-7-6-10-21(24)29(35)33(28)31-17-20-9-8-12-25(34(36)37)27(20)39-14-13-30/h6-12,15-18H,5,14H2,1-4H3. The molecule has 0 amide bonds. The number of ether oxygens (including phenoxy) is 2. The molecule has 0 bridgehead atoms. The number of fused-ring (bicyclic) bond motifs is 1. The summed E-state index contributed by atoms with van der Waals surface area (Å²) >= 11 is 0. The fraction of sp³-hybridized carbons (Fsp3) is 0.241. The number of hydrogen-bond donors (Lipinski definition) is 0. The van der Waals surface area contributed by atoms with Crippen molar-refractivity contribution in [2.45, 2.75) is 33.6 Å². The van der Waals surface area contributed by atoms with E-state index in [-0.39, 0.29) is 22.9 Å². The number of aryl methyl sites for hydroxylation is 1. The molecule has 198 valence electrons. The highest BCUT2D eigenvalue weighted by Gasteiger charge is 2.20. The minimum atomic E-state index is -0.601. The van der Waals surface area contributed by atoms with Crippen molar-refractivity contribution >= 4 is 22.8 Å². The Bertz CT molecular complexity index is 1680. The summed E-state index contributed by atoms with van der Waals surface area (Å²) in [6.45, 7) is 8.07. The SMILES string of the molecule is CCOc1cc(C)c(-c2nc3ccccc3c(=O)n2N=Cc2cccc([N+](=O)[O-])c2OCC#N)cc1C(C)C. The summed E-state index contributed by atoms with van der Waals surface area (Å²) in [5.41, 5.74) is 2.51. The highest BCUT2D eigenvalue weighted by Crippen LogP contribution is 2.34. The third-order valence-electron chi connectivity index (χ3n) is 6.09. The third-order valence-corrected chi connectivity index (χ3v) is 6.09. The zero-order valence-electron chi connectivity index (χ0n) is 22.0. The third kappa shape index (κ3) is 5.48. The Morgan fingerprint density at radius 2 is 1.95 bits per heavy atom. The molecule has 10 nitrogen and oxygen atoms in total. The molecule has 0 radical (unpaired) electrons. The summed E-state index contributed by atoms with van der Waals surface area (Å²) in [6, 6.07) is 17.0. The molecule has 10 heteroatoms. The Morgan fingerprint density at radius 1 is 1.18 bits per heavy atom. The maximum atomic E-state index is 13.7. The zero-order valence-corrected chi connectivity index (χ0v) is 22.0. The van der Waals surface area contributed by atoms with Crippen LogP contribution in [-0.4, -0.2) is 34.0 Å². The molecule has 4 aromatic rings. The van der Waals surface area contributed by atoms with Gasteiger partial charge in [-0.15, -0.1) is 0 Å². The van der Waals surface area contributed by atoms with Gasteiger partial charge in [-0.1, -0.05) is 32.0 Å². The van der Waals surface area contributed by atoms with E-state index >= 15 is 0 Å². The molecule has 0 saturated heterocycles. The number of rotatable bonds is 9. The van der Waals surface area contributed by atoms with E-state index in [0.717, 1.165) is 16.9 Å². The number of hydrogen-bond acceptors (Lipinski definition) is 8. The summed E-state index contributed by atoms with van der Waals surface area (Å²) in [4.78, 5) is 29.4. The van der Waals surface area contributed by atoms with E-state index < -0.39 is 17.1 Å². The van der Waals surface area contributed by atoms with Gasteiger partial charge in [0.15, 0.2) is 12.4 Å². The molecule has 0 saturated carbocycles. The van der Waals surface area contributed by atoms with Gasteiger partial charge >= 0.3 is 5.69 Å². The summed E-state index contributed by atoms with van der Waals surface area (Å²) in [5.74, 6) is 1.10. The first-order valence-electron chi connectivity index (χ1n) is 12.4. The van der Waals surface area contributed by atoms with Gasteiger partial charge in [0, 0.05) is 17.2 Å².